The molecule has 2 aromatic heterocycles. The van der Waals surface area contributed by atoms with Crippen LogP contribution in [0.5, 0.6) is 5.75 Å². The molecule has 3 rings (SSSR count). The van der Waals surface area contributed by atoms with E-state index in [4.69, 9.17) is 10.5 Å². The molecule has 7 heteroatoms. The van der Waals surface area contributed by atoms with Crippen molar-refractivity contribution in [3.05, 3.63) is 36.3 Å². The van der Waals surface area contributed by atoms with Crippen molar-refractivity contribution < 1.29 is 4.74 Å². The molecule has 7 nitrogen and oxygen atoms in total. The second-order valence-electron chi connectivity index (χ2n) is 3.90. The second kappa shape index (κ2) is 4.62. The topological polar surface area (TPSA) is 91.7 Å². The van der Waals surface area contributed by atoms with E-state index in [1.54, 1.807) is 18.0 Å². The first-order chi connectivity index (χ1) is 9.31. The van der Waals surface area contributed by atoms with Crippen LogP contribution in [0.3, 0.4) is 0 Å². The third-order valence-electron chi connectivity index (χ3n) is 2.74. The molecule has 19 heavy (non-hydrogen) atoms. The summed E-state index contributed by atoms with van der Waals surface area (Å²) < 4.78 is 6.77. The van der Waals surface area contributed by atoms with Gasteiger partial charge < -0.3 is 10.5 Å². The fourth-order valence-corrected chi connectivity index (χ4v) is 1.76. The second-order valence-corrected chi connectivity index (χ2v) is 3.90. The van der Waals surface area contributed by atoms with Gasteiger partial charge in [0.25, 0.3) is 0 Å². The Bertz CT molecular complexity index is 706. The summed E-state index contributed by atoms with van der Waals surface area (Å²) in [6, 6.07) is 7.48. The number of ether oxygens (including phenoxy) is 1. The third kappa shape index (κ3) is 2.00. The quantitative estimate of drug-likeness (QED) is 0.740. The number of nitrogens with two attached hydrogens (primary N) is 1. The Morgan fingerprint density at radius 3 is 2.74 bits per heavy atom. The molecule has 2 N–H and O–H groups in total. The van der Waals surface area contributed by atoms with Crippen molar-refractivity contribution in [1.82, 2.24) is 25.0 Å². The third-order valence-corrected chi connectivity index (χ3v) is 2.74. The van der Waals surface area contributed by atoms with Gasteiger partial charge in [-0.25, -0.2) is 9.97 Å². The molecule has 0 atom stereocenters. The fraction of sp³-hybridized carbons (Fsp3) is 0.167. The van der Waals surface area contributed by atoms with Crippen molar-refractivity contribution in [2.75, 3.05) is 7.11 Å². The summed E-state index contributed by atoms with van der Waals surface area (Å²) in [7, 11) is 1.63. The number of methoxy groups -OCH3 is 1. The molecule has 96 valence electrons. The summed E-state index contributed by atoms with van der Waals surface area (Å²) in [5.41, 5.74) is 7.67. The van der Waals surface area contributed by atoms with Crippen LogP contribution in [0.2, 0.25) is 0 Å². The molecular formula is C12H12N6O. The molecule has 0 aliphatic heterocycles. The predicted octanol–water partition coefficient (Wildman–Crippen LogP) is 0.678. The van der Waals surface area contributed by atoms with Gasteiger partial charge in [-0.05, 0) is 24.3 Å². The maximum atomic E-state index is 5.54. The number of fused-ring (bicyclic) bond motifs is 1. The van der Waals surface area contributed by atoms with E-state index in [9.17, 15) is 0 Å². The molecule has 1 aromatic carbocycles. The highest BCUT2D eigenvalue weighted by Crippen LogP contribution is 2.17. The van der Waals surface area contributed by atoms with Crippen LogP contribution in [0.4, 0.5) is 0 Å². The number of benzene rings is 1. The number of aromatic nitrogens is 5. The lowest BCUT2D eigenvalue weighted by Gasteiger charge is -2.03. The van der Waals surface area contributed by atoms with Crippen molar-refractivity contribution in [3.8, 4) is 11.4 Å². The monoisotopic (exact) mass is 256 g/mol. The standard InChI is InChI=1S/C12H12N6O/c1-19-9-4-2-8(3-5-9)18-12-10(16-17-18)7-14-11(6-13)15-12/h2-5,7H,6,13H2,1H3. The van der Waals surface area contributed by atoms with E-state index in [1.807, 2.05) is 24.3 Å². The molecule has 0 aliphatic rings. The number of rotatable bonds is 3. The molecular weight excluding hydrogens is 244 g/mol. The number of hydrogen-bond acceptors (Lipinski definition) is 6. The highest BCUT2D eigenvalue weighted by Gasteiger charge is 2.09. The van der Waals surface area contributed by atoms with Gasteiger partial charge in [0.05, 0.1) is 25.5 Å². The largest absolute Gasteiger partial charge is 0.497 e. The van der Waals surface area contributed by atoms with Gasteiger partial charge in [0.2, 0.25) is 0 Å². The number of nitrogens with zero attached hydrogens (tertiary/aromatic N) is 5. The van der Waals surface area contributed by atoms with Gasteiger partial charge >= 0.3 is 0 Å². The Morgan fingerprint density at radius 1 is 1.26 bits per heavy atom. The lowest BCUT2D eigenvalue weighted by molar-refractivity contribution is 0.414. The van der Waals surface area contributed by atoms with E-state index < -0.39 is 0 Å². The minimum absolute atomic E-state index is 0.281. The number of hydrogen-bond donors (Lipinski definition) is 1. The van der Waals surface area contributed by atoms with Gasteiger partial charge in [-0.2, -0.15) is 4.68 Å². The Morgan fingerprint density at radius 2 is 2.05 bits per heavy atom. The normalized spacial score (nSPS) is 10.8. The van der Waals surface area contributed by atoms with Crippen LogP contribution in [0.25, 0.3) is 16.9 Å². The Labute approximate surface area is 109 Å². The van der Waals surface area contributed by atoms with Gasteiger partial charge in [-0.15, -0.1) is 5.10 Å². The molecule has 0 radical (unpaired) electrons. The SMILES string of the molecule is COc1ccc(-n2nnc3cnc(CN)nc32)cc1. The van der Waals surface area contributed by atoms with Crippen molar-refractivity contribution in [2.45, 2.75) is 6.54 Å². The zero-order valence-corrected chi connectivity index (χ0v) is 10.3. The van der Waals surface area contributed by atoms with E-state index in [2.05, 4.69) is 20.3 Å². The molecule has 0 spiro atoms. The molecule has 0 aliphatic carbocycles. The summed E-state index contributed by atoms with van der Waals surface area (Å²) in [6.45, 7) is 0.281. The maximum Gasteiger partial charge on any atom is 0.187 e. The molecule has 3 aromatic rings. The van der Waals surface area contributed by atoms with Crippen LogP contribution in [-0.4, -0.2) is 32.1 Å². The lowest BCUT2D eigenvalue weighted by Crippen LogP contribution is -2.04. The van der Waals surface area contributed by atoms with E-state index in [1.165, 1.54) is 0 Å². The minimum atomic E-state index is 0.281. The molecule has 0 saturated carbocycles. The van der Waals surface area contributed by atoms with E-state index >= 15 is 0 Å². The fourth-order valence-electron chi connectivity index (χ4n) is 1.76. The van der Waals surface area contributed by atoms with Crippen molar-refractivity contribution in [3.63, 3.8) is 0 Å². The average Bonchev–Trinajstić information content (AvgIpc) is 2.90. The molecule has 0 fully saturated rings. The summed E-state index contributed by atoms with van der Waals surface area (Å²) in [5, 5.41) is 8.11. The first kappa shape index (κ1) is 11.5. The smallest absolute Gasteiger partial charge is 0.187 e. The summed E-state index contributed by atoms with van der Waals surface area (Å²) in [6.07, 6.45) is 1.62. The molecule has 0 unspecified atom stereocenters. The van der Waals surface area contributed by atoms with Gasteiger partial charge in [0.1, 0.15) is 11.6 Å². The van der Waals surface area contributed by atoms with Crippen LogP contribution >= 0.6 is 0 Å². The van der Waals surface area contributed by atoms with Crippen molar-refractivity contribution >= 4 is 11.2 Å². The molecule has 0 amide bonds. The Kier molecular flexibility index (Phi) is 2.81. The summed E-state index contributed by atoms with van der Waals surface area (Å²) in [4.78, 5) is 8.43. The van der Waals surface area contributed by atoms with E-state index in [0.717, 1.165) is 11.4 Å². The van der Waals surface area contributed by atoms with Gasteiger partial charge in [-0.3, -0.25) is 0 Å². The van der Waals surface area contributed by atoms with E-state index in [0.29, 0.717) is 17.0 Å². The van der Waals surface area contributed by atoms with Crippen LogP contribution in [0.1, 0.15) is 5.82 Å². The van der Waals surface area contributed by atoms with Crippen molar-refractivity contribution in [2.24, 2.45) is 5.73 Å². The van der Waals surface area contributed by atoms with Crippen LogP contribution in [-0.2, 0) is 6.54 Å². The summed E-state index contributed by atoms with van der Waals surface area (Å²) >= 11 is 0. The van der Waals surface area contributed by atoms with Crippen LogP contribution in [0, 0.1) is 0 Å². The highest BCUT2D eigenvalue weighted by molar-refractivity contribution is 5.70. The molecule has 0 bridgehead atoms. The van der Waals surface area contributed by atoms with Crippen molar-refractivity contribution in [1.29, 1.82) is 0 Å². The van der Waals surface area contributed by atoms with Crippen LogP contribution < -0.4 is 10.5 Å². The molecule has 0 saturated heterocycles. The first-order valence-electron chi connectivity index (χ1n) is 5.73. The minimum Gasteiger partial charge on any atom is -0.497 e. The summed E-state index contributed by atoms with van der Waals surface area (Å²) in [5.74, 6) is 1.34. The zero-order chi connectivity index (χ0) is 13.2. The van der Waals surface area contributed by atoms with Gasteiger partial charge in [0, 0.05) is 0 Å². The highest BCUT2D eigenvalue weighted by atomic mass is 16.5. The van der Waals surface area contributed by atoms with Gasteiger partial charge in [0.15, 0.2) is 11.2 Å². The zero-order valence-electron chi connectivity index (χ0n) is 10.3. The lowest BCUT2D eigenvalue weighted by atomic mass is 10.3. The Hall–Kier alpha value is -2.54. The van der Waals surface area contributed by atoms with Gasteiger partial charge in [-0.1, -0.05) is 5.21 Å². The van der Waals surface area contributed by atoms with E-state index in [-0.39, 0.29) is 6.54 Å². The Balaban J connectivity index is 2.12. The average molecular weight is 256 g/mol. The molecule has 2 heterocycles. The maximum absolute atomic E-state index is 5.54. The first-order valence-corrected chi connectivity index (χ1v) is 5.73. The predicted molar refractivity (Wildman–Crippen MR) is 68.9 cm³/mol. The van der Waals surface area contributed by atoms with Crippen LogP contribution in [0.15, 0.2) is 30.5 Å².